The monoisotopic (exact) mass is 391 g/mol. The van der Waals surface area contributed by atoms with Gasteiger partial charge in [-0.1, -0.05) is 23.2 Å². The molecule has 0 N–H and O–H groups in total. The molecule has 0 radical (unpaired) electrons. The zero-order chi connectivity index (χ0) is 19.0. The summed E-state index contributed by atoms with van der Waals surface area (Å²) in [6.45, 7) is 7.76. The Kier molecular flexibility index (Phi) is 5.12. The standard InChI is InChI=1S/C19H19Cl2N3O2/c1-11(2)24-18(25)8-7-17(22-24)26-19-15(20)9-14(10-16(19)21)23-12(3)5-6-13(23)4/h5-11H,1-4H3. The third kappa shape index (κ3) is 3.50. The van der Waals surface area contributed by atoms with Gasteiger partial charge in [0.15, 0.2) is 5.75 Å². The quantitative estimate of drug-likeness (QED) is 0.603. The van der Waals surface area contributed by atoms with Crippen LogP contribution in [-0.4, -0.2) is 14.3 Å². The van der Waals surface area contributed by atoms with Gasteiger partial charge in [-0.05, 0) is 52.0 Å². The molecule has 0 saturated carbocycles. The zero-order valence-corrected chi connectivity index (χ0v) is 16.5. The van der Waals surface area contributed by atoms with Gasteiger partial charge in [-0.25, -0.2) is 4.68 Å². The van der Waals surface area contributed by atoms with Crippen LogP contribution in [0.1, 0.15) is 31.3 Å². The van der Waals surface area contributed by atoms with E-state index in [0.29, 0.717) is 15.8 Å². The van der Waals surface area contributed by atoms with Gasteiger partial charge < -0.3 is 9.30 Å². The molecule has 0 amide bonds. The molecule has 0 aliphatic carbocycles. The van der Waals surface area contributed by atoms with Crippen molar-refractivity contribution in [1.29, 1.82) is 0 Å². The molecule has 0 unspecified atom stereocenters. The van der Waals surface area contributed by atoms with E-state index in [4.69, 9.17) is 27.9 Å². The molecule has 26 heavy (non-hydrogen) atoms. The molecule has 0 saturated heterocycles. The van der Waals surface area contributed by atoms with Gasteiger partial charge in [0.1, 0.15) is 0 Å². The lowest BCUT2D eigenvalue weighted by Crippen LogP contribution is -2.23. The minimum atomic E-state index is -0.196. The first-order valence-electron chi connectivity index (χ1n) is 8.20. The molecular weight excluding hydrogens is 373 g/mol. The highest BCUT2D eigenvalue weighted by atomic mass is 35.5. The van der Waals surface area contributed by atoms with Gasteiger partial charge >= 0.3 is 0 Å². The number of hydrogen-bond acceptors (Lipinski definition) is 3. The fourth-order valence-corrected chi connectivity index (χ4v) is 3.34. The fourth-order valence-electron chi connectivity index (χ4n) is 2.79. The number of aryl methyl sites for hydroxylation is 2. The molecule has 0 aliphatic rings. The van der Waals surface area contributed by atoms with Crippen LogP contribution in [0.5, 0.6) is 11.6 Å². The summed E-state index contributed by atoms with van der Waals surface area (Å²) in [4.78, 5) is 11.8. The minimum Gasteiger partial charge on any atom is -0.434 e. The summed E-state index contributed by atoms with van der Waals surface area (Å²) >= 11 is 12.8. The third-order valence-electron chi connectivity index (χ3n) is 4.01. The minimum absolute atomic E-state index is 0.0842. The van der Waals surface area contributed by atoms with Crippen LogP contribution in [0.3, 0.4) is 0 Å². The van der Waals surface area contributed by atoms with E-state index in [9.17, 15) is 4.79 Å². The second-order valence-corrected chi connectivity index (χ2v) is 7.15. The number of halogens is 2. The van der Waals surface area contributed by atoms with E-state index in [1.165, 1.54) is 16.8 Å². The predicted molar refractivity (Wildman–Crippen MR) is 104 cm³/mol. The molecule has 7 heteroatoms. The Balaban J connectivity index is 2.00. The lowest BCUT2D eigenvalue weighted by molar-refractivity contribution is 0.411. The van der Waals surface area contributed by atoms with Crippen LogP contribution in [0.4, 0.5) is 0 Å². The van der Waals surface area contributed by atoms with Gasteiger partial charge in [-0.2, -0.15) is 0 Å². The first-order valence-corrected chi connectivity index (χ1v) is 8.95. The van der Waals surface area contributed by atoms with Crippen LogP contribution in [0.25, 0.3) is 5.69 Å². The van der Waals surface area contributed by atoms with Gasteiger partial charge in [0.2, 0.25) is 5.88 Å². The average molecular weight is 392 g/mol. The van der Waals surface area contributed by atoms with Crippen molar-refractivity contribution in [1.82, 2.24) is 14.3 Å². The maximum Gasteiger partial charge on any atom is 0.267 e. The van der Waals surface area contributed by atoms with Crippen LogP contribution in [0.2, 0.25) is 10.0 Å². The first-order chi connectivity index (χ1) is 12.3. The number of rotatable bonds is 4. The molecule has 0 fully saturated rings. The summed E-state index contributed by atoms with van der Waals surface area (Å²) in [5, 5.41) is 4.94. The highest BCUT2D eigenvalue weighted by Crippen LogP contribution is 2.38. The number of nitrogens with zero attached hydrogens (tertiary/aromatic N) is 3. The molecule has 0 spiro atoms. The van der Waals surface area contributed by atoms with Crippen molar-refractivity contribution < 1.29 is 4.74 Å². The van der Waals surface area contributed by atoms with Crippen LogP contribution < -0.4 is 10.3 Å². The molecule has 5 nitrogen and oxygen atoms in total. The normalized spacial score (nSPS) is 11.2. The molecule has 0 bridgehead atoms. The Morgan fingerprint density at radius 2 is 1.58 bits per heavy atom. The van der Waals surface area contributed by atoms with Crippen LogP contribution in [-0.2, 0) is 0 Å². The molecular formula is C19H19Cl2N3O2. The van der Waals surface area contributed by atoms with Gasteiger partial charge in [0.25, 0.3) is 5.56 Å². The Hall–Kier alpha value is -2.24. The number of ether oxygens (including phenoxy) is 1. The summed E-state index contributed by atoms with van der Waals surface area (Å²) in [7, 11) is 0. The third-order valence-corrected chi connectivity index (χ3v) is 4.57. The largest absolute Gasteiger partial charge is 0.434 e. The lowest BCUT2D eigenvalue weighted by atomic mass is 10.2. The Bertz CT molecular complexity index is 979. The first kappa shape index (κ1) is 18.5. The molecule has 2 heterocycles. The highest BCUT2D eigenvalue weighted by molar-refractivity contribution is 6.37. The van der Waals surface area contributed by atoms with Crippen LogP contribution in [0.15, 0.2) is 41.2 Å². The molecule has 0 atom stereocenters. The molecule has 3 rings (SSSR count). The molecule has 136 valence electrons. The molecule has 3 aromatic rings. The molecule has 0 aliphatic heterocycles. The van der Waals surface area contributed by atoms with E-state index in [0.717, 1.165) is 17.1 Å². The average Bonchev–Trinajstić information content (AvgIpc) is 2.90. The maximum absolute atomic E-state index is 11.8. The highest BCUT2D eigenvalue weighted by Gasteiger charge is 2.15. The van der Waals surface area contributed by atoms with Gasteiger partial charge in [-0.15, -0.1) is 5.10 Å². The molecule has 1 aromatic carbocycles. The molecule has 2 aromatic heterocycles. The van der Waals surface area contributed by atoms with Crippen molar-refractivity contribution in [2.24, 2.45) is 0 Å². The second kappa shape index (κ2) is 7.17. The van der Waals surface area contributed by atoms with Crippen molar-refractivity contribution in [2.45, 2.75) is 33.7 Å². The SMILES string of the molecule is Cc1ccc(C)n1-c1cc(Cl)c(Oc2ccc(=O)n(C(C)C)n2)c(Cl)c1. The maximum atomic E-state index is 11.8. The van der Waals surface area contributed by atoms with Crippen LogP contribution in [0, 0.1) is 13.8 Å². The summed E-state index contributed by atoms with van der Waals surface area (Å²) in [6.07, 6.45) is 0. The van der Waals surface area contributed by atoms with Gasteiger partial charge in [-0.3, -0.25) is 4.79 Å². The topological polar surface area (TPSA) is 49.0 Å². The lowest BCUT2D eigenvalue weighted by Gasteiger charge is -2.15. The van der Waals surface area contributed by atoms with E-state index >= 15 is 0 Å². The van der Waals surface area contributed by atoms with E-state index in [2.05, 4.69) is 9.67 Å². The summed E-state index contributed by atoms with van der Waals surface area (Å²) in [5.41, 5.74) is 2.81. The Labute approximate surface area is 161 Å². The van der Waals surface area contributed by atoms with Crippen molar-refractivity contribution >= 4 is 23.2 Å². The van der Waals surface area contributed by atoms with E-state index < -0.39 is 0 Å². The van der Waals surface area contributed by atoms with E-state index in [1.54, 1.807) is 12.1 Å². The fraction of sp³-hybridized carbons (Fsp3) is 0.263. The van der Waals surface area contributed by atoms with Crippen molar-refractivity contribution in [3.63, 3.8) is 0 Å². The van der Waals surface area contributed by atoms with Gasteiger partial charge in [0, 0.05) is 29.2 Å². The second-order valence-electron chi connectivity index (χ2n) is 6.34. The summed E-state index contributed by atoms with van der Waals surface area (Å²) < 4.78 is 9.17. The van der Waals surface area contributed by atoms with E-state index in [1.807, 2.05) is 39.8 Å². The Morgan fingerprint density at radius 1 is 1.00 bits per heavy atom. The van der Waals surface area contributed by atoms with Crippen molar-refractivity contribution in [3.8, 4) is 17.3 Å². The van der Waals surface area contributed by atoms with Crippen molar-refractivity contribution in [2.75, 3.05) is 0 Å². The summed E-state index contributed by atoms with van der Waals surface area (Å²) in [5.74, 6) is 0.559. The predicted octanol–water partition coefficient (Wildman–Crippen LogP) is 5.33. The van der Waals surface area contributed by atoms with E-state index in [-0.39, 0.29) is 17.5 Å². The number of hydrogen-bond donors (Lipinski definition) is 0. The van der Waals surface area contributed by atoms with Gasteiger partial charge in [0.05, 0.1) is 16.1 Å². The summed E-state index contributed by atoms with van der Waals surface area (Å²) in [6, 6.07) is 10.5. The number of aromatic nitrogens is 3. The van der Waals surface area contributed by atoms with Crippen molar-refractivity contribution in [3.05, 3.63) is 68.2 Å². The zero-order valence-electron chi connectivity index (χ0n) is 15.0. The van der Waals surface area contributed by atoms with Crippen LogP contribution >= 0.6 is 23.2 Å². The Morgan fingerprint density at radius 3 is 2.12 bits per heavy atom. The number of benzene rings is 1. The smallest absolute Gasteiger partial charge is 0.267 e.